The number of benzene rings is 1. The molecule has 0 saturated heterocycles. The van der Waals surface area contributed by atoms with Crippen LogP contribution in [0.2, 0.25) is 0 Å². The monoisotopic (exact) mass is 371 g/mol. The van der Waals surface area contributed by atoms with Crippen molar-refractivity contribution >= 4 is 21.8 Å². The van der Waals surface area contributed by atoms with E-state index in [1.165, 1.54) is 33.5 Å². The van der Waals surface area contributed by atoms with Crippen LogP contribution in [-0.2, 0) is 11.3 Å². The van der Waals surface area contributed by atoms with Crippen LogP contribution in [0, 0.1) is 5.82 Å². The zero-order chi connectivity index (χ0) is 16.3. The van der Waals surface area contributed by atoms with Crippen LogP contribution in [0.4, 0.5) is 4.39 Å². The van der Waals surface area contributed by atoms with Crippen LogP contribution in [0.1, 0.15) is 21.6 Å². The standard InChI is InChI=1S/C14H15BrFN3O3/c1-19(22-3)14(20)9-7-17-18-11(9)6-8-4-5-10(16)13(21-2)12(8)15/h4-5,7H,6H2,1-3H3,(H,17,18). The molecule has 2 rings (SSSR count). The number of aromatic nitrogens is 2. The number of ether oxygens (including phenoxy) is 1. The largest absolute Gasteiger partial charge is 0.492 e. The van der Waals surface area contributed by atoms with E-state index in [1.54, 1.807) is 6.07 Å². The van der Waals surface area contributed by atoms with E-state index in [4.69, 9.17) is 9.57 Å². The first-order valence-electron chi connectivity index (χ1n) is 6.34. The lowest BCUT2D eigenvalue weighted by atomic mass is 10.1. The van der Waals surface area contributed by atoms with Crippen LogP contribution >= 0.6 is 15.9 Å². The molecule has 1 aromatic heterocycles. The molecule has 0 saturated carbocycles. The summed E-state index contributed by atoms with van der Waals surface area (Å²) in [6, 6.07) is 2.94. The van der Waals surface area contributed by atoms with Crippen molar-refractivity contribution in [1.82, 2.24) is 15.3 Å². The minimum Gasteiger partial charge on any atom is -0.492 e. The van der Waals surface area contributed by atoms with Gasteiger partial charge in [0.1, 0.15) is 0 Å². The number of halogens is 2. The molecule has 1 amide bonds. The number of hydrogen-bond acceptors (Lipinski definition) is 4. The van der Waals surface area contributed by atoms with Crippen LogP contribution in [0.5, 0.6) is 5.75 Å². The smallest absolute Gasteiger partial charge is 0.280 e. The van der Waals surface area contributed by atoms with E-state index in [2.05, 4.69) is 26.1 Å². The molecule has 0 aliphatic rings. The van der Waals surface area contributed by atoms with Gasteiger partial charge in [0, 0.05) is 13.5 Å². The van der Waals surface area contributed by atoms with Gasteiger partial charge in [-0.1, -0.05) is 6.07 Å². The van der Waals surface area contributed by atoms with Crippen molar-refractivity contribution in [2.75, 3.05) is 21.3 Å². The van der Waals surface area contributed by atoms with E-state index in [-0.39, 0.29) is 11.7 Å². The third kappa shape index (κ3) is 3.12. The number of amides is 1. The van der Waals surface area contributed by atoms with E-state index >= 15 is 0 Å². The number of nitrogens with one attached hydrogen (secondary N) is 1. The minimum atomic E-state index is -0.460. The molecule has 8 heteroatoms. The van der Waals surface area contributed by atoms with Crippen molar-refractivity contribution in [2.45, 2.75) is 6.42 Å². The fraction of sp³-hybridized carbons (Fsp3) is 0.286. The molecule has 118 valence electrons. The molecule has 1 heterocycles. The quantitative estimate of drug-likeness (QED) is 0.820. The fourth-order valence-corrected chi connectivity index (χ4v) is 2.60. The third-order valence-corrected chi connectivity index (χ3v) is 4.08. The highest BCUT2D eigenvalue weighted by molar-refractivity contribution is 9.10. The summed E-state index contributed by atoms with van der Waals surface area (Å²) in [4.78, 5) is 17.0. The fourth-order valence-electron chi connectivity index (χ4n) is 1.97. The van der Waals surface area contributed by atoms with Gasteiger partial charge in [-0.15, -0.1) is 0 Å². The second kappa shape index (κ2) is 6.89. The van der Waals surface area contributed by atoms with E-state index in [1.807, 2.05) is 0 Å². The summed E-state index contributed by atoms with van der Waals surface area (Å²) in [6.45, 7) is 0. The van der Waals surface area contributed by atoms with Crippen LogP contribution in [0.3, 0.4) is 0 Å². The first-order valence-corrected chi connectivity index (χ1v) is 7.14. The van der Waals surface area contributed by atoms with Gasteiger partial charge >= 0.3 is 0 Å². The summed E-state index contributed by atoms with van der Waals surface area (Å²) < 4.78 is 19.1. The Morgan fingerprint density at radius 1 is 1.45 bits per heavy atom. The number of methoxy groups -OCH3 is 1. The van der Waals surface area contributed by atoms with Crippen LogP contribution < -0.4 is 4.74 Å². The number of rotatable bonds is 5. The SMILES string of the molecule is COc1c(F)ccc(Cc2[nH]ncc2C(=O)N(C)OC)c1Br. The number of aromatic amines is 1. The molecule has 22 heavy (non-hydrogen) atoms. The van der Waals surface area contributed by atoms with Crippen molar-refractivity contribution in [3.05, 3.63) is 45.4 Å². The molecule has 0 unspecified atom stereocenters. The second-order valence-corrected chi connectivity index (χ2v) is 5.27. The lowest BCUT2D eigenvalue weighted by Crippen LogP contribution is -2.26. The Morgan fingerprint density at radius 2 is 2.18 bits per heavy atom. The van der Waals surface area contributed by atoms with Crippen molar-refractivity contribution in [2.24, 2.45) is 0 Å². The second-order valence-electron chi connectivity index (χ2n) is 4.48. The lowest BCUT2D eigenvalue weighted by Gasteiger charge is -2.14. The maximum Gasteiger partial charge on any atom is 0.280 e. The van der Waals surface area contributed by atoms with Gasteiger partial charge in [-0.3, -0.25) is 14.7 Å². The van der Waals surface area contributed by atoms with Crippen LogP contribution in [0.25, 0.3) is 0 Å². The molecule has 2 aromatic rings. The van der Waals surface area contributed by atoms with Gasteiger partial charge in [0.2, 0.25) is 0 Å². The Labute approximate surface area is 135 Å². The first-order chi connectivity index (χ1) is 10.5. The van der Waals surface area contributed by atoms with Crippen molar-refractivity contribution in [1.29, 1.82) is 0 Å². The third-order valence-electron chi connectivity index (χ3n) is 3.21. The zero-order valence-electron chi connectivity index (χ0n) is 12.3. The number of carbonyl (C=O) groups is 1. The predicted molar refractivity (Wildman–Crippen MR) is 81.1 cm³/mol. The molecule has 0 aliphatic carbocycles. The van der Waals surface area contributed by atoms with Gasteiger partial charge < -0.3 is 4.74 Å². The Hall–Kier alpha value is -1.93. The van der Waals surface area contributed by atoms with E-state index in [0.29, 0.717) is 22.2 Å². The van der Waals surface area contributed by atoms with E-state index in [9.17, 15) is 9.18 Å². The molecule has 0 atom stereocenters. The summed E-state index contributed by atoms with van der Waals surface area (Å²) in [5.74, 6) is -0.659. The molecular formula is C14H15BrFN3O3. The van der Waals surface area contributed by atoms with Crippen LogP contribution in [-0.4, -0.2) is 42.4 Å². The number of hydrogen-bond donors (Lipinski definition) is 1. The Bertz CT molecular complexity index is 690. The number of carbonyl (C=O) groups excluding carboxylic acids is 1. The number of nitrogens with zero attached hydrogens (tertiary/aromatic N) is 2. The summed E-state index contributed by atoms with van der Waals surface area (Å²) in [7, 11) is 4.31. The van der Waals surface area contributed by atoms with Gasteiger partial charge in [0.25, 0.3) is 5.91 Å². The number of hydroxylamine groups is 2. The molecule has 0 fully saturated rings. The molecule has 1 N–H and O–H groups in total. The maximum atomic E-state index is 13.6. The first kappa shape index (κ1) is 16.4. The highest BCUT2D eigenvalue weighted by atomic mass is 79.9. The Balaban J connectivity index is 2.34. The van der Waals surface area contributed by atoms with Gasteiger partial charge in [0.15, 0.2) is 11.6 Å². The average molecular weight is 372 g/mol. The normalized spacial score (nSPS) is 10.6. The lowest BCUT2D eigenvalue weighted by molar-refractivity contribution is -0.0757. The topological polar surface area (TPSA) is 67.5 Å². The summed E-state index contributed by atoms with van der Waals surface area (Å²) in [6.07, 6.45) is 1.79. The molecule has 0 bridgehead atoms. The van der Waals surface area contributed by atoms with Gasteiger partial charge in [-0.05, 0) is 27.6 Å². The van der Waals surface area contributed by atoms with Crippen molar-refractivity contribution < 1.29 is 18.8 Å². The molecular weight excluding hydrogens is 357 g/mol. The van der Waals surface area contributed by atoms with Crippen molar-refractivity contribution in [3.63, 3.8) is 0 Å². The van der Waals surface area contributed by atoms with E-state index in [0.717, 1.165) is 10.6 Å². The molecule has 0 aliphatic heterocycles. The van der Waals surface area contributed by atoms with Gasteiger partial charge in [-0.2, -0.15) is 5.10 Å². The maximum absolute atomic E-state index is 13.6. The molecule has 0 spiro atoms. The highest BCUT2D eigenvalue weighted by Gasteiger charge is 2.20. The summed E-state index contributed by atoms with van der Waals surface area (Å²) in [5.41, 5.74) is 1.75. The molecule has 1 aromatic carbocycles. The molecule has 0 radical (unpaired) electrons. The molecule has 6 nitrogen and oxygen atoms in total. The number of H-pyrrole nitrogens is 1. The van der Waals surface area contributed by atoms with Gasteiger partial charge in [0.05, 0.1) is 36.1 Å². The Morgan fingerprint density at radius 3 is 2.82 bits per heavy atom. The van der Waals surface area contributed by atoms with E-state index < -0.39 is 5.82 Å². The Kier molecular flexibility index (Phi) is 5.15. The van der Waals surface area contributed by atoms with Crippen LogP contribution in [0.15, 0.2) is 22.8 Å². The zero-order valence-corrected chi connectivity index (χ0v) is 13.9. The van der Waals surface area contributed by atoms with Gasteiger partial charge in [-0.25, -0.2) is 9.45 Å². The average Bonchev–Trinajstić information content (AvgIpc) is 2.97. The summed E-state index contributed by atoms with van der Waals surface area (Å²) in [5, 5.41) is 7.79. The predicted octanol–water partition coefficient (Wildman–Crippen LogP) is 2.54. The highest BCUT2D eigenvalue weighted by Crippen LogP contribution is 2.32. The van der Waals surface area contributed by atoms with Crippen molar-refractivity contribution in [3.8, 4) is 5.75 Å². The summed E-state index contributed by atoms with van der Waals surface area (Å²) >= 11 is 3.32. The minimum absolute atomic E-state index is 0.124.